The summed E-state index contributed by atoms with van der Waals surface area (Å²) in [5, 5.41) is 9.39. The number of rotatable bonds is 2. The molecule has 1 aromatic carbocycles. The van der Waals surface area contributed by atoms with Gasteiger partial charge in [0, 0.05) is 11.5 Å². The van der Waals surface area contributed by atoms with Gasteiger partial charge in [0.1, 0.15) is 5.75 Å². The van der Waals surface area contributed by atoms with Crippen LogP contribution >= 0.6 is 0 Å². The molecule has 0 bridgehead atoms. The molecule has 1 aromatic rings. The van der Waals surface area contributed by atoms with Gasteiger partial charge >= 0.3 is 0 Å². The molecule has 2 aliphatic rings. The van der Waals surface area contributed by atoms with Crippen molar-refractivity contribution in [3.05, 3.63) is 29.8 Å². The molecule has 0 radical (unpaired) electrons. The molecule has 0 aliphatic heterocycles. The lowest BCUT2D eigenvalue weighted by Crippen LogP contribution is -2.29. The monoisotopic (exact) mass is 231 g/mol. The van der Waals surface area contributed by atoms with E-state index >= 15 is 0 Å². The third-order valence-electron chi connectivity index (χ3n) is 4.80. The molecule has 0 heterocycles. The molecule has 2 fully saturated rings. The van der Waals surface area contributed by atoms with E-state index in [0.717, 1.165) is 12.3 Å². The number of hydrogen-bond donors (Lipinski definition) is 2. The first-order valence-corrected chi connectivity index (χ1v) is 6.78. The summed E-state index contributed by atoms with van der Waals surface area (Å²) >= 11 is 0. The van der Waals surface area contributed by atoms with Crippen molar-refractivity contribution < 1.29 is 5.11 Å². The molecule has 92 valence electrons. The lowest BCUT2D eigenvalue weighted by Gasteiger charge is -2.31. The van der Waals surface area contributed by atoms with Crippen molar-refractivity contribution in [3.63, 3.8) is 0 Å². The van der Waals surface area contributed by atoms with E-state index in [1.54, 1.807) is 12.1 Å². The van der Waals surface area contributed by atoms with Gasteiger partial charge in [0.2, 0.25) is 0 Å². The zero-order valence-electron chi connectivity index (χ0n) is 10.2. The van der Waals surface area contributed by atoms with E-state index in [1.807, 2.05) is 0 Å². The molecule has 17 heavy (non-hydrogen) atoms. The third-order valence-corrected chi connectivity index (χ3v) is 4.80. The molecule has 2 atom stereocenters. The second-order valence-electron chi connectivity index (χ2n) is 5.73. The highest BCUT2D eigenvalue weighted by molar-refractivity contribution is 5.40. The van der Waals surface area contributed by atoms with Crippen LogP contribution in [0.25, 0.3) is 0 Å². The Morgan fingerprint density at radius 3 is 2.18 bits per heavy atom. The van der Waals surface area contributed by atoms with Crippen molar-refractivity contribution in [1.29, 1.82) is 0 Å². The molecule has 2 aliphatic carbocycles. The van der Waals surface area contributed by atoms with E-state index in [0.29, 0.717) is 11.8 Å². The normalized spacial score (nSPS) is 33.6. The van der Waals surface area contributed by atoms with Gasteiger partial charge in [-0.2, -0.15) is 0 Å². The van der Waals surface area contributed by atoms with Crippen LogP contribution in [0, 0.1) is 5.92 Å². The molecule has 0 spiro atoms. The average Bonchev–Trinajstić information content (AvgIpc) is 3.04. The van der Waals surface area contributed by atoms with E-state index in [2.05, 4.69) is 12.1 Å². The Labute approximate surface area is 103 Å². The summed E-state index contributed by atoms with van der Waals surface area (Å²) < 4.78 is 0. The fourth-order valence-corrected chi connectivity index (χ4v) is 3.73. The van der Waals surface area contributed by atoms with Crippen LogP contribution in [0.15, 0.2) is 24.3 Å². The Morgan fingerprint density at radius 2 is 1.65 bits per heavy atom. The van der Waals surface area contributed by atoms with Gasteiger partial charge in [0.15, 0.2) is 0 Å². The highest BCUT2D eigenvalue weighted by Gasteiger charge is 2.57. The Bertz CT molecular complexity index is 394. The van der Waals surface area contributed by atoms with E-state index < -0.39 is 0 Å². The zero-order chi connectivity index (χ0) is 11.9. The van der Waals surface area contributed by atoms with Crippen molar-refractivity contribution in [3.8, 4) is 5.75 Å². The minimum atomic E-state index is 0.230. The smallest absolute Gasteiger partial charge is 0.115 e. The molecular formula is C15H21NO. The first-order valence-electron chi connectivity index (χ1n) is 6.78. The van der Waals surface area contributed by atoms with Crippen LogP contribution in [0.1, 0.15) is 44.1 Å². The fourth-order valence-electron chi connectivity index (χ4n) is 3.73. The summed E-state index contributed by atoms with van der Waals surface area (Å²) in [5.41, 5.74) is 7.81. The maximum absolute atomic E-state index is 9.39. The minimum absolute atomic E-state index is 0.230. The first kappa shape index (κ1) is 11.1. The summed E-state index contributed by atoms with van der Waals surface area (Å²) in [6.07, 6.45) is 7.89. The van der Waals surface area contributed by atoms with Gasteiger partial charge < -0.3 is 10.8 Å². The Balaban J connectivity index is 1.89. The zero-order valence-corrected chi connectivity index (χ0v) is 10.2. The van der Waals surface area contributed by atoms with E-state index in [-0.39, 0.29) is 5.41 Å². The van der Waals surface area contributed by atoms with Crippen molar-refractivity contribution in [2.24, 2.45) is 11.7 Å². The maximum atomic E-state index is 9.39. The molecule has 3 N–H and O–H groups in total. The van der Waals surface area contributed by atoms with Gasteiger partial charge in [-0.25, -0.2) is 0 Å². The van der Waals surface area contributed by atoms with E-state index in [4.69, 9.17) is 5.73 Å². The molecule has 0 amide bonds. The van der Waals surface area contributed by atoms with Crippen LogP contribution in [0.2, 0.25) is 0 Å². The van der Waals surface area contributed by atoms with Gasteiger partial charge in [0.05, 0.1) is 0 Å². The predicted molar refractivity (Wildman–Crippen MR) is 69.0 cm³/mol. The van der Waals surface area contributed by atoms with Gasteiger partial charge in [-0.1, -0.05) is 31.4 Å². The van der Waals surface area contributed by atoms with Crippen LogP contribution in [0.5, 0.6) is 5.75 Å². The predicted octanol–water partition coefficient (Wildman–Crippen LogP) is 2.94. The van der Waals surface area contributed by atoms with E-state index in [9.17, 15) is 5.11 Å². The van der Waals surface area contributed by atoms with Crippen LogP contribution < -0.4 is 5.73 Å². The van der Waals surface area contributed by atoms with Crippen LogP contribution in [-0.2, 0) is 5.41 Å². The largest absolute Gasteiger partial charge is 0.508 e. The highest BCUT2D eigenvalue weighted by Crippen LogP contribution is 2.56. The van der Waals surface area contributed by atoms with Crippen molar-refractivity contribution >= 4 is 0 Å². The van der Waals surface area contributed by atoms with Crippen molar-refractivity contribution in [2.75, 3.05) is 0 Å². The lowest BCUT2D eigenvalue weighted by molar-refractivity contribution is 0.284. The van der Waals surface area contributed by atoms with Gasteiger partial charge in [-0.05, 0) is 42.9 Å². The molecule has 2 nitrogen and oxygen atoms in total. The standard InChI is InChI=1S/C15H21NO/c16-14-10-15(14,11-4-2-1-3-5-11)12-6-8-13(17)9-7-12/h6-9,11,14,17H,1-5,10,16H2/t14-,15?/m1/s1. The molecule has 0 saturated heterocycles. The second-order valence-corrected chi connectivity index (χ2v) is 5.73. The Morgan fingerprint density at radius 1 is 1.06 bits per heavy atom. The lowest BCUT2D eigenvalue weighted by atomic mass is 9.74. The van der Waals surface area contributed by atoms with E-state index in [1.165, 1.54) is 37.7 Å². The molecule has 1 unspecified atom stereocenters. The Hall–Kier alpha value is -1.02. The number of hydrogen-bond acceptors (Lipinski definition) is 2. The van der Waals surface area contributed by atoms with Gasteiger partial charge in [0.25, 0.3) is 0 Å². The third kappa shape index (κ3) is 1.75. The molecule has 0 aromatic heterocycles. The van der Waals surface area contributed by atoms with Gasteiger partial charge in [-0.3, -0.25) is 0 Å². The quantitative estimate of drug-likeness (QED) is 0.822. The van der Waals surface area contributed by atoms with Crippen molar-refractivity contribution in [1.82, 2.24) is 0 Å². The van der Waals surface area contributed by atoms with Crippen LogP contribution in [0.3, 0.4) is 0 Å². The summed E-state index contributed by atoms with van der Waals surface area (Å²) in [6, 6.07) is 8.05. The Kier molecular flexibility index (Phi) is 2.62. The fraction of sp³-hybridized carbons (Fsp3) is 0.600. The average molecular weight is 231 g/mol. The summed E-state index contributed by atoms with van der Waals surface area (Å²) in [4.78, 5) is 0. The number of nitrogens with two attached hydrogens (primary N) is 1. The summed E-state index contributed by atoms with van der Waals surface area (Å²) in [6.45, 7) is 0. The SMILES string of the molecule is N[C@@H]1CC1(c1ccc(O)cc1)C1CCCCC1. The van der Waals surface area contributed by atoms with Crippen LogP contribution in [0.4, 0.5) is 0 Å². The number of benzene rings is 1. The number of phenols is 1. The molecular weight excluding hydrogens is 210 g/mol. The van der Waals surface area contributed by atoms with Gasteiger partial charge in [-0.15, -0.1) is 0 Å². The number of aromatic hydroxyl groups is 1. The highest BCUT2D eigenvalue weighted by atomic mass is 16.3. The molecule has 3 rings (SSSR count). The van der Waals surface area contributed by atoms with Crippen LogP contribution in [-0.4, -0.2) is 11.1 Å². The first-order chi connectivity index (χ1) is 8.23. The second kappa shape index (κ2) is 4.02. The summed E-state index contributed by atoms with van der Waals surface area (Å²) in [5.74, 6) is 1.11. The molecule has 2 saturated carbocycles. The molecule has 2 heteroatoms. The maximum Gasteiger partial charge on any atom is 0.115 e. The minimum Gasteiger partial charge on any atom is -0.508 e. The topological polar surface area (TPSA) is 46.2 Å². The van der Waals surface area contributed by atoms with Crippen molar-refractivity contribution in [2.45, 2.75) is 50.0 Å². The summed E-state index contributed by atoms with van der Waals surface area (Å²) in [7, 11) is 0. The number of phenolic OH excluding ortho intramolecular Hbond substituents is 1.